The van der Waals surface area contributed by atoms with Crippen LogP contribution < -0.4 is 4.90 Å². The number of aryl methyl sites for hydroxylation is 1. The molecule has 5 heteroatoms. The van der Waals surface area contributed by atoms with E-state index in [-0.39, 0.29) is 17.8 Å². The third-order valence-corrected chi connectivity index (χ3v) is 4.14. The van der Waals surface area contributed by atoms with Crippen LogP contribution in [0.25, 0.3) is 0 Å². The van der Waals surface area contributed by atoms with Crippen molar-refractivity contribution in [2.24, 2.45) is 5.92 Å². The number of anilines is 1. The molecule has 2 rings (SSSR count). The second-order valence-corrected chi connectivity index (χ2v) is 5.74. The molecule has 1 fully saturated rings. The topological polar surface area (TPSA) is 46.6 Å². The summed E-state index contributed by atoms with van der Waals surface area (Å²) in [5.41, 5.74) is 0.488. The van der Waals surface area contributed by atoms with E-state index < -0.39 is 0 Å². The lowest BCUT2D eigenvalue weighted by molar-refractivity contribution is -0.117. The third kappa shape index (κ3) is 2.71. The molecule has 0 bridgehead atoms. The standard InChI is InChI=1S/C14H17NO3S/c1-4-10-7-12(16)15(8-10)13-11(6-9(3)19-13)14(17)18-5-2/h4,6,10H,1,5,7-8H2,2-3H3. The van der Waals surface area contributed by atoms with Gasteiger partial charge in [0.05, 0.1) is 12.2 Å². The number of amides is 1. The van der Waals surface area contributed by atoms with Gasteiger partial charge in [0, 0.05) is 23.8 Å². The maximum absolute atomic E-state index is 12.0. The molecule has 0 saturated carbocycles. The molecule has 0 spiro atoms. The summed E-state index contributed by atoms with van der Waals surface area (Å²) >= 11 is 1.45. The van der Waals surface area contributed by atoms with E-state index in [1.54, 1.807) is 24.0 Å². The quantitative estimate of drug-likeness (QED) is 0.629. The average molecular weight is 279 g/mol. The number of esters is 1. The molecule has 1 saturated heterocycles. The molecule has 1 unspecified atom stereocenters. The SMILES string of the molecule is C=CC1CC(=O)N(c2sc(C)cc2C(=O)OCC)C1. The Morgan fingerprint density at radius 3 is 3.00 bits per heavy atom. The molecule has 0 N–H and O–H groups in total. The van der Waals surface area contributed by atoms with Crippen LogP contribution in [0.15, 0.2) is 18.7 Å². The highest BCUT2D eigenvalue weighted by Gasteiger charge is 2.32. The zero-order valence-corrected chi connectivity index (χ0v) is 12.0. The number of carbonyl (C=O) groups excluding carboxylic acids is 2. The first-order valence-corrected chi connectivity index (χ1v) is 7.09. The Hall–Kier alpha value is -1.62. The first kappa shape index (κ1) is 13.8. The molecule has 1 aromatic rings. The van der Waals surface area contributed by atoms with Gasteiger partial charge in [-0.1, -0.05) is 6.08 Å². The second-order valence-electron chi connectivity index (χ2n) is 4.50. The third-order valence-electron chi connectivity index (χ3n) is 3.06. The van der Waals surface area contributed by atoms with Gasteiger partial charge in [-0.3, -0.25) is 4.79 Å². The van der Waals surface area contributed by atoms with E-state index in [0.29, 0.717) is 30.1 Å². The Labute approximate surface area is 116 Å². The van der Waals surface area contributed by atoms with E-state index in [2.05, 4.69) is 6.58 Å². The summed E-state index contributed by atoms with van der Waals surface area (Å²) < 4.78 is 5.04. The van der Waals surface area contributed by atoms with E-state index in [0.717, 1.165) is 4.88 Å². The molecule has 1 aliphatic heterocycles. The molecule has 4 nitrogen and oxygen atoms in total. The van der Waals surface area contributed by atoms with Crippen molar-refractivity contribution in [2.45, 2.75) is 20.3 Å². The van der Waals surface area contributed by atoms with Crippen LogP contribution in [0.4, 0.5) is 5.00 Å². The molecule has 0 aliphatic carbocycles. The maximum Gasteiger partial charge on any atom is 0.341 e. The molecule has 2 heterocycles. The Kier molecular flexibility index (Phi) is 4.04. The molecule has 102 valence electrons. The van der Waals surface area contributed by atoms with Gasteiger partial charge in [0.15, 0.2) is 0 Å². The van der Waals surface area contributed by atoms with E-state index in [4.69, 9.17) is 4.74 Å². The molecule has 0 radical (unpaired) electrons. The first-order valence-electron chi connectivity index (χ1n) is 6.27. The summed E-state index contributed by atoms with van der Waals surface area (Å²) in [6.45, 7) is 8.34. The molecule has 1 amide bonds. The number of carbonyl (C=O) groups is 2. The number of hydrogen-bond acceptors (Lipinski definition) is 4. The molecule has 1 aromatic heterocycles. The van der Waals surface area contributed by atoms with Crippen molar-refractivity contribution in [2.75, 3.05) is 18.1 Å². The van der Waals surface area contributed by atoms with Gasteiger partial charge in [0.25, 0.3) is 0 Å². The number of rotatable bonds is 4. The van der Waals surface area contributed by atoms with Crippen LogP contribution in [0.3, 0.4) is 0 Å². The minimum Gasteiger partial charge on any atom is -0.462 e. The summed E-state index contributed by atoms with van der Waals surface area (Å²) in [6.07, 6.45) is 2.26. The molecule has 19 heavy (non-hydrogen) atoms. The van der Waals surface area contributed by atoms with Gasteiger partial charge >= 0.3 is 5.97 Å². The highest BCUT2D eigenvalue weighted by Crippen LogP contribution is 2.36. The Morgan fingerprint density at radius 1 is 1.68 bits per heavy atom. The minimum atomic E-state index is -0.364. The van der Waals surface area contributed by atoms with E-state index in [1.807, 2.05) is 6.92 Å². The lowest BCUT2D eigenvalue weighted by Crippen LogP contribution is -2.25. The van der Waals surface area contributed by atoms with Crippen molar-refractivity contribution in [1.29, 1.82) is 0 Å². The highest BCUT2D eigenvalue weighted by atomic mass is 32.1. The fourth-order valence-electron chi connectivity index (χ4n) is 2.15. The average Bonchev–Trinajstić information content (AvgIpc) is 2.92. The monoisotopic (exact) mass is 279 g/mol. The van der Waals surface area contributed by atoms with Crippen LogP contribution in [-0.4, -0.2) is 25.0 Å². The van der Waals surface area contributed by atoms with Gasteiger partial charge in [0.2, 0.25) is 5.91 Å². The number of nitrogens with zero attached hydrogens (tertiary/aromatic N) is 1. The van der Waals surface area contributed by atoms with Crippen molar-refractivity contribution >= 4 is 28.2 Å². The van der Waals surface area contributed by atoms with Gasteiger partial charge < -0.3 is 9.64 Å². The lowest BCUT2D eigenvalue weighted by atomic mass is 10.1. The van der Waals surface area contributed by atoms with E-state index >= 15 is 0 Å². The fraction of sp³-hybridized carbons (Fsp3) is 0.429. The molecular weight excluding hydrogens is 262 g/mol. The zero-order valence-electron chi connectivity index (χ0n) is 11.1. The minimum absolute atomic E-state index is 0.0392. The van der Waals surface area contributed by atoms with Crippen molar-refractivity contribution in [3.05, 3.63) is 29.2 Å². The van der Waals surface area contributed by atoms with Crippen LogP contribution in [0, 0.1) is 12.8 Å². The van der Waals surface area contributed by atoms with Crippen molar-refractivity contribution in [3.8, 4) is 0 Å². The van der Waals surface area contributed by atoms with E-state index in [1.165, 1.54) is 11.3 Å². The largest absolute Gasteiger partial charge is 0.462 e. The zero-order chi connectivity index (χ0) is 14.0. The van der Waals surface area contributed by atoms with Crippen molar-refractivity contribution in [3.63, 3.8) is 0 Å². The van der Waals surface area contributed by atoms with Crippen LogP contribution in [0.5, 0.6) is 0 Å². The normalized spacial score (nSPS) is 18.7. The fourth-order valence-corrected chi connectivity index (χ4v) is 3.17. The summed E-state index contributed by atoms with van der Waals surface area (Å²) in [6, 6.07) is 1.78. The van der Waals surface area contributed by atoms with Crippen LogP contribution in [0.2, 0.25) is 0 Å². The van der Waals surface area contributed by atoms with Gasteiger partial charge in [-0.05, 0) is 19.9 Å². The Balaban J connectivity index is 2.32. The molecule has 1 aliphatic rings. The molecule has 1 atom stereocenters. The number of ether oxygens (including phenoxy) is 1. The van der Waals surface area contributed by atoms with Crippen molar-refractivity contribution in [1.82, 2.24) is 0 Å². The van der Waals surface area contributed by atoms with Crippen molar-refractivity contribution < 1.29 is 14.3 Å². The lowest BCUT2D eigenvalue weighted by Gasteiger charge is -2.15. The molecule has 0 aromatic carbocycles. The molecular formula is C14H17NO3S. The van der Waals surface area contributed by atoms with Crippen LogP contribution >= 0.6 is 11.3 Å². The van der Waals surface area contributed by atoms with Gasteiger partial charge in [-0.2, -0.15) is 0 Å². The van der Waals surface area contributed by atoms with Crippen LogP contribution in [-0.2, 0) is 9.53 Å². The van der Waals surface area contributed by atoms with Gasteiger partial charge in [-0.25, -0.2) is 4.79 Å². The smallest absolute Gasteiger partial charge is 0.341 e. The second kappa shape index (κ2) is 5.57. The predicted octanol–water partition coefficient (Wildman–Crippen LogP) is 2.77. The number of hydrogen-bond donors (Lipinski definition) is 0. The Bertz CT molecular complexity index is 521. The van der Waals surface area contributed by atoms with E-state index in [9.17, 15) is 9.59 Å². The maximum atomic E-state index is 12.0. The Morgan fingerprint density at radius 2 is 2.42 bits per heavy atom. The summed E-state index contributed by atoms with van der Waals surface area (Å²) in [7, 11) is 0. The number of thiophene rings is 1. The first-order chi connectivity index (χ1) is 9.06. The summed E-state index contributed by atoms with van der Waals surface area (Å²) in [5, 5.41) is 0.699. The van der Waals surface area contributed by atoms with Gasteiger partial charge in [0.1, 0.15) is 5.00 Å². The van der Waals surface area contributed by atoms with Crippen LogP contribution in [0.1, 0.15) is 28.6 Å². The van der Waals surface area contributed by atoms with Gasteiger partial charge in [-0.15, -0.1) is 17.9 Å². The summed E-state index contributed by atoms with van der Waals surface area (Å²) in [5.74, 6) is -0.168. The highest BCUT2D eigenvalue weighted by molar-refractivity contribution is 7.16. The predicted molar refractivity (Wildman–Crippen MR) is 75.7 cm³/mol. The summed E-state index contributed by atoms with van der Waals surface area (Å²) in [4.78, 5) is 26.6.